The Bertz CT molecular complexity index is 653. The van der Waals surface area contributed by atoms with Gasteiger partial charge in [0.05, 0.1) is 4.90 Å². The first-order valence-corrected chi connectivity index (χ1v) is 9.56. The minimum Gasteiger partial charge on any atom is -0.352 e. The van der Waals surface area contributed by atoms with Crippen molar-refractivity contribution in [1.29, 1.82) is 0 Å². The molecule has 1 amide bonds. The van der Waals surface area contributed by atoms with E-state index in [-0.39, 0.29) is 16.8 Å². The number of carbonyl (C=O) groups excluding carboxylic acids is 1. The van der Waals surface area contributed by atoms with Crippen LogP contribution < -0.4 is 5.32 Å². The van der Waals surface area contributed by atoms with Crippen LogP contribution >= 0.6 is 0 Å². The van der Waals surface area contributed by atoms with E-state index in [0.717, 1.165) is 5.56 Å². The van der Waals surface area contributed by atoms with E-state index in [1.54, 1.807) is 24.3 Å². The van der Waals surface area contributed by atoms with Crippen molar-refractivity contribution in [3.8, 4) is 0 Å². The Balaban J connectivity index is 2.20. The smallest absolute Gasteiger partial charge is 0.243 e. The highest BCUT2D eigenvalue weighted by atomic mass is 32.2. The Hall–Kier alpha value is -1.40. The molecule has 2 atom stereocenters. The van der Waals surface area contributed by atoms with Crippen LogP contribution in [0.15, 0.2) is 29.2 Å². The third-order valence-electron chi connectivity index (χ3n) is 4.50. The van der Waals surface area contributed by atoms with Crippen LogP contribution in [0, 0.1) is 12.8 Å². The quantitative estimate of drug-likeness (QED) is 0.896. The first-order valence-electron chi connectivity index (χ1n) is 8.12. The van der Waals surface area contributed by atoms with Gasteiger partial charge in [0, 0.05) is 12.6 Å². The number of hydrogen-bond donors (Lipinski definition) is 1. The van der Waals surface area contributed by atoms with Crippen LogP contribution in [0.4, 0.5) is 0 Å². The van der Waals surface area contributed by atoms with Crippen LogP contribution in [0.1, 0.15) is 39.2 Å². The number of hydrogen-bond acceptors (Lipinski definition) is 3. The third-order valence-corrected chi connectivity index (χ3v) is 6.43. The normalized spacial score (nSPS) is 20.7. The van der Waals surface area contributed by atoms with Crippen LogP contribution in [-0.4, -0.2) is 37.3 Å². The molecule has 0 aromatic heterocycles. The zero-order chi connectivity index (χ0) is 17.2. The van der Waals surface area contributed by atoms with Gasteiger partial charge in [-0.1, -0.05) is 31.5 Å². The minimum absolute atomic E-state index is 0.0204. The van der Waals surface area contributed by atoms with Crippen molar-refractivity contribution < 1.29 is 13.2 Å². The predicted molar refractivity (Wildman–Crippen MR) is 90.5 cm³/mol. The third kappa shape index (κ3) is 3.93. The fourth-order valence-electron chi connectivity index (χ4n) is 2.62. The van der Waals surface area contributed by atoms with E-state index in [2.05, 4.69) is 5.32 Å². The van der Waals surface area contributed by atoms with Crippen molar-refractivity contribution in [1.82, 2.24) is 9.62 Å². The molecule has 1 fully saturated rings. The monoisotopic (exact) mass is 338 g/mol. The predicted octanol–water partition coefficient (Wildman–Crippen LogP) is 2.31. The molecule has 23 heavy (non-hydrogen) atoms. The molecule has 2 unspecified atom stereocenters. The van der Waals surface area contributed by atoms with Crippen molar-refractivity contribution >= 4 is 15.9 Å². The van der Waals surface area contributed by atoms with Gasteiger partial charge in [-0.25, -0.2) is 8.42 Å². The summed E-state index contributed by atoms with van der Waals surface area (Å²) >= 11 is 0. The molecule has 1 aliphatic rings. The highest BCUT2D eigenvalue weighted by Gasteiger charge is 2.39. The number of sulfonamides is 1. The maximum atomic E-state index is 12.8. The number of aryl methyl sites for hydroxylation is 1. The van der Waals surface area contributed by atoms with Crippen molar-refractivity contribution in [2.75, 3.05) is 6.54 Å². The maximum Gasteiger partial charge on any atom is 0.243 e. The fourth-order valence-corrected chi connectivity index (χ4v) is 4.28. The molecule has 1 aliphatic heterocycles. The minimum atomic E-state index is -3.63. The summed E-state index contributed by atoms with van der Waals surface area (Å²) in [6.07, 6.45) is 1.28. The largest absolute Gasteiger partial charge is 0.352 e. The molecule has 0 spiro atoms. The number of nitrogens with one attached hydrogen (secondary N) is 1. The summed E-state index contributed by atoms with van der Waals surface area (Å²) in [5.74, 6) is 0.113. The number of amides is 1. The van der Waals surface area contributed by atoms with E-state index >= 15 is 0 Å². The van der Waals surface area contributed by atoms with Gasteiger partial charge in [-0.15, -0.1) is 0 Å². The van der Waals surface area contributed by atoms with Crippen LogP contribution in [0.5, 0.6) is 0 Å². The lowest BCUT2D eigenvalue weighted by Crippen LogP contribution is -2.49. The number of carbonyl (C=O) groups is 1. The second-order valence-corrected chi connectivity index (χ2v) is 8.52. The number of nitrogens with zero attached hydrogens (tertiary/aromatic N) is 1. The van der Waals surface area contributed by atoms with Crippen molar-refractivity contribution in [3.63, 3.8) is 0 Å². The Morgan fingerprint density at radius 2 is 1.83 bits per heavy atom. The maximum absolute atomic E-state index is 12.8. The zero-order valence-electron chi connectivity index (χ0n) is 14.2. The molecule has 1 aromatic carbocycles. The Morgan fingerprint density at radius 1 is 1.22 bits per heavy atom. The summed E-state index contributed by atoms with van der Waals surface area (Å²) in [7, 11) is -3.63. The van der Waals surface area contributed by atoms with Gasteiger partial charge in [0.25, 0.3) is 0 Å². The SMILES string of the molecule is Cc1ccc(S(=O)(=O)N2CCCC2C(=O)NC(C)C(C)C)cc1. The first kappa shape index (κ1) is 17.9. The van der Waals surface area contributed by atoms with E-state index in [1.807, 2.05) is 27.7 Å². The summed E-state index contributed by atoms with van der Waals surface area (Å²) in [4.78, 5) is 12.7. The lowest BCUT2D eigenvalue weighted by atomic mass is 10.1. The molecule has 0 aliphatic carbocycles. The lowest BCUT2D eigenvalue weighted by Gasteiger charge is -2.26. The van der Waals surface area contributed by atoms with E-state index in [0.29, 0.717) is 25.3 Å². The summed E-state index contributed by atoms with van der Waals surface area (Å²) in [6.45, 7) is 8.30. The summed E-state index contributed by atoms with van der Waals surface area (Å²) in [5.41, 5.74) is 1.01. The van der Waals surface area contributed by atoms with Gasteiger partial charge in [-0.05, 0) is 44.7 Å². The second-order valence-electron chi connectivity index (χ2n) is 6.63. The summed E-state index contributed by atoms with van der Waals surface area (Å²) in [6, 6.07) is 6.18. The van der Waals surface area contributed by atoms with E-state index in [9.17, 15) is 13.2 Å². The van der Waals surface area contributed by atoms with Gasteiger partial charge in [-0.2, -0.15) is 4.31 Å². The van der Waals surface area contributed by atoms with Crippen molar-refractivity contribution in [3.05, 3.63) is 29.8 Å². The van der Waals surface area contributed by atoms with Crippen LogP contribution in [0.3, 0.4) is 0 Å². The van der Waals surface area contributed by atoms with Crippen LogP contribution in [-0.2, 0) is 14.8 Å². The molecule has 1 heterocycles. The molecule has 128 valence electrons. The molecule has 2 rings (SSSR count). The Labute approximate surface area is 139 Å². The standard InChI is InChI=1S/C17H26N2O3S/c1-12(2)14(4)18-17(20)16-6-5-11-19(16)23(21,22)15-9-7-13(3)8-10-15/h7-10,12,14,16H,5-6,11H2,1-4H3,(H,18,20). The molecule has 1 N–H and O–H groups in total. The van der Waals surface area contributed by atoms with E-state index in [1.165, 1.54) is 4.31 Å². The molecule has 0 radical (unpaired) electrons. The molecular weight excluding hydrogens is 312 g/mol. The van der Waals surface area contributed by atoms with Crippen LogP contribution in [0.2, 0.25) is 0 Å². The fraction of sp³-hybridized carbons (Fsp3) is 0.588. The highest BCUT2D eigenvalue weighted by molar-refractivity contribution is 7.89. The summed E-state index contributed by atoms with van der Waals surface area (Å²) in [5, 5.41) is 2.94. The van der Waals surface area contributed by atoms with Gasteiger partial charge < -0.3 is 5.32 Å². The van der Waals surface area contributed by atoms with Crippen molar-refractivity contribution in [2.45, 2.75) is 57.5 Å². The van der Waals surface area contributed by atoms with Gasteiger partial charge in [-0.3, -0.25) is 4.79 Å². The van der Waals surface area contributed by atoms with Gasteiger partial charge >= 0.3 is 0 Å². The highest BCUT2D eigenvalue weighted by Crippen LogP contribution is 2.26. The molecular formula is C17H26N2O3S. The zero-order valence-corrected chi connectivity index (χ0v) is 15.1. The number of rotatable bonds is 5. The summed E-state index contributed by atoms with van der Waals surface area (Å²) < 4.78 is 27.0. The van der Waals surface area contributed by atoms with Gasteiger partial charge in [0.1, 0.15) is 6.04 Å². The second kappa shape index (κ2) is 7.01. The molecule has 0 bridgehead atoms. The van der Waals surface area contributed by atoms with E-state index in [4.69, 9.17) is 0 Å². The molecule has 1 aromatic rings. The molecule has 1 saturated heterocycles. The van der Waals surface area contributed by atoms with Gasteiger partial charge in [0.2, 0.25) is 15.9 Å². The molecule has 6 heteroatoms. The molecule has 5 nitrogen and oxygen atoms in total. The van der Waals surface area contributed by atoms with Crippen molar-refractivity contribution in [2.24, 2.45) is 5.92 Å². The molecule has 0 saturated carbocycles. The average Bonchev–Trinajstić information content (AvgIpc) is 2.97. The Kier molecular flexibility index (Phi) is 5.47. The van der Waals surface area contributed by atoms with Gasteiger partial charge in [0.15, 0.2) is 0 Å². The number of benzene rings is 1. The topological polar surface area (TPSA) is 66.5 Å². The lowest BCUT2D eigenvalue weighted by molar-refractivity contribution is -0.125. The average molecular weight is 338 g/mol. The Morgan fingerprint density at radius 3 is 2.39 bits per heavy atom. The first-order chi connectivity index (χ1) is 10.7. The van der Waals surface area contributed by atoms with Crippen LogP contribution in [0.25, 0.3) is 0 Å². The van der Waals surface area contributed by atoms with E-state index < -0.39 is 16.1 Å².